The third-order valence-corrected chi connectivity index (χ3v) is 5.12. The van der Waals surface area contributed by atoms with Gasteiger partial charge in [0.05, 0.1) is 21.4 Å². The van der Waals surface area contributed by atoms with Crippen LogP contribution in [-0.4, -0.2) is 8.96 Å². The fourth-order valence-electron chi connectivity index (χ4n) is 2.47. The van der Waals surface area contributed by atoms with Gasteiger partial charge in [-0.2, -0.15) is 0 Å². The smallest absolute Gasteiger partial charge is 0.146 e. The molecule has 2 atom stereocenters. The van der Waals surface area contributed by atoms with Crippen molar-refractivity contribution < 1.29 is 8.60 Å². The summed E-state index contributed by atoms with van der Waals surface area (Å²) < 4.78 is 24.7. The van der Waals surface area contributed by atoms with Gasteiger partial charge >= 0.3 is 0 Å². The molecule has 2 rings (SSSR count). The van der Waals surface area contributed by atoms with Crippen LogP contribution in [0.1, 0.15) is 37.3 Å². The lowest BCUT2D eigenvalue weighted by Crippen LogP contribution is -2.34. The largest absolute Gasteiger partial charge is 0.396 e. The molecule has 2 aromatic carbocycles. The van der Waals surface area contributed by atoms with Gasteiger partial charge in [0, 0.05) is 5.92 Å². The molecule has 22 heavy (non-hydrogen) atoms. The number of hydrogen-bond acceptors (Lipinski definition) is 2. The van der Waals surface area contributed by atoms with E-state index in [4.69, 9.17) is 10.9 Å². The summed E-state index contributed by atoms with van der Waals surface area (Å²) in [4.78, 5) is 0. The van der Waals surface area contributed by atoms with Crippen LogP contribution in [0.4, 0.5) is 10.1 Å². The molecular weight excluding hydrogens is 299 g/mol. The van der Waals surface area contributed by atoms with Crippen LogP contribution in [-0.2, 0) is 11.0 Å². The molecule has 118 valence electrons. The van der Waals surface area contributed by atoms with E-state index in [1.165, 1.54) is 6.07 Å². The second-order valence-corrected chi connectivity index (χ2v) is 7.71. The van der Waals surface area contributed by atoms with Crippen LogP contribution in [0.2, 0.25) is 0 Å². The first-order valence-electron chi connectivity index (χ1n) is 7.07. The highest BCUT2D eigenvalue weighted by atomic mass is 32.2. The van der Waals surface area contributed by atoms with Crippen LogP contribution >= 0.6 is 0 Å². The monoisotopic (exact) mass is 320 g/mol. The molecule has 0 aliphatic carbocycles. The Hall–Kier alpha value is -1.72. The van der Waals surface area contributed by atoms with E-state index >= 15 is 0 Å². The summed E-state index contributed by atoms with van der Waals surface area (Å²) in [5.41, 5.74) is 7.77. The molecular formula is C17H21FN2OS. The van der Waals surface area contributed by atoms with Crippen molar-refractivity contribution in [1.29, 1.82) is 0 Å². The summed E-state index contributed by atoms with van der Waals surface area (Å²) in [6, 6.07) is 14.6. The number of hydrogen-bond donors (Lipinski definition) is 2. The zero-order valence-corrected chi connectivity index (χ0v) is 13.6. The van der Waals surface area contributed by atoms with Gasteiger partial charge in [-0.05, 0) is 43.5 Å². The minimum Gasteiger partial charge on any atom is -0.396 e. The number of nitrogens with two attached hydrogens (primary N) is 2. The molecule has 0 fully saturated rings. The third-order valence-electron chi connectivity index (χ3n) is 3.86. The molecule has 0 bridgehead atoms. The maximum Gasteiger partial charge on any atom is 0.146 e. The first kappa shape index (κ1) is 16.6. The van der Waals surface area contributed by atoms with Gasteiger partial charge in [-0.15, -0.1) is 0 Å². The van der Waals surface area contributed by atoms with E-state index in [0.29, 0.717) is 6.42 Å². The Morgan fingerprint density at radius 3 is 2.32 bits per heavy atom. The molecule has 0 spiro atoms. The molecule has 0 aliphatic heterocycles. The lowest BCUT2D eigenvalue weighted by Gasteiger charge is -2.28. The number of halogens is 1. The quantitative estimate of drug-likeness (QED) is 0.830. The van der Waals surface area contributed by atoms with E-state index in [1.807, 2.05) is 44.2 Å². The van der Waals surface area contributed by atoms with Gasteiger partial charge in [0.1, 0.15) is 5.82 Å². The summed E-state index contributed by atoms with van der Waals surface area (Å²) in [5.74, 6) is -0.483. The van der Waals surface area contributed by atoms with Crippen molar-refractivity contribution in [1.82, 2.24) is 0 Å². The van der Waals surface area contributed by atoms with Gasteiger partial charge in [-0.3, -0.25) is 5.14 Å². The van der Waals surface area contributed by atoms with Crippen LogP contribution < -0.4 is 10.9 Å². The Kier molecular flexibility index (Phi) is 4.98. The van der Waals surface area contributed by atoms with Crippen LogP contribution in [0.15, 0.2) is 48.5 Å². The second kappa shape index (κ2) is 6.58. The van der Waals surface area contributed by atoms with Crippen LogP contribution in [0.25, 0.3) is 0 Å². The maximum absolute atomic E-state index is 13.4. The van der Waals surface area contributed by atoms with E-state index in [-0.39, 0.29) is 11.6 Å². The van der Waals surface area contributed by atoms with Gasteiger partial charge in [0.25, 0.3) is 0 Å². The number of rotatable bonds is 5. The Labute approximate surface area is 133 Å². The average molecular weight is 320 g/mol. The summed E-state index contributed by atoms with van der Waals surface area (Å²) in [7, 11) is -1.46. The number of benzene rings is 2. The molecule has 0 aromatic heterocycles. The van der Waals surface area contributed by atoms with Gasteiger partial charge in [0.15, 0.2) is 0 Å². The van der Waals surface area contributed by atoms with Crippen LogP contribution in [0, 0.1) is 5.82 Å². The summed E-state index contributed by atoms with van der Waals surface area (Å²) in [6.07, 6.45) is 0.575. The molecule has 2 aromatic rings. The Bertz CT molecular complexity index is 674. The zero-order valence-electron chi connectivity index (χ0n) is 12.8. The molecule has 0 saturated carbocycles. The van der Waals surface area contributed by atoms with Gasteiger partial charge < -0.3 is 5.73 Å². The molecule has 0 aliphatic rings. The average Bonchev–Trinajstić information content (AvgIpc) is 2.48. The highest BCUT2D eigenvalue weighted by Crippen LogP contribution is 2.35. The molecule has 4 N–H and O–H groups in total. The fraction of sp³-hybridized carbons (Fsp3) is 0.294. The lowest BCUT2D eigenvalue weighted by atomic mass is 9.84. The van der Waals surface area contributed by atoms with E-state index in [1.54, 1.807) is 12.1 Å². The van der Waals surface area contributed by atoms with Crippen molar-refractivity contribution in [2.75, 3.05) is 5.73 Å². The van der Waals surface area contributed by atoms with Crippen molar-refractivity contribution in [2.24, 2.45) is 5.14 Å². The fourth-order valence-corrected chi connectivity index (χ4v) is 2.80. The molecule has 0 saturated heterocycles. The second-order valence-electron chi connectivity index (χ2n) is 6.01. The SMILES string of the molecule is CC(C)(C[C@@H](c1ccccc1)c1ccc(F)c(N)c1)S(N)=O. The maximum atomic E-state index is 13.4. The molecule has 0 amide bonds. The van der Waals surface area contributed by atoms with Crippen molar-refractivity contribution in [3.8, 4) is 0 Å². The van der Waals surface area contributed by atoms with E-state index in [0.717, 1.165) is 11.1 Å². The van der Waals surface area contributed by atoms with E-state index in [9.17, 15) is 8.60 Å². The van der Waals surface area contributed by atoms with Crippen molar-refractivity contribution >= 4 is 16.7 Å². The van der Waals surface area contributed by atoms with Crippen molar-refractivity contribution in [3.63, 3.8) is 0 Å². The Morgan fingerprint density at radius 1 is 1.14 bits per heavy atom. The topological polar surface area (TPSA) is 69.1 Å². The van der Waals surface area contributed by atoms with Crippen molar-refractivity contribution in [3.05, 3.63) is 65.5 Å². The zero-order chi connectivity index (χ0) is 16.3. The van der Waals surface area contributed by atoms with Gasteiger partial charge in [0.2, 0.25) is 0 Å². The number of nitrogen functional groups attached to an aromatic ring is 1. The van der Waals surface area contributed by atoms with E-state index in [2.05, 4.69) is 0 Å². The minimum absolute atomic E-state index is 0.0494. The van der Waals surface area contributed by atoms with E-state index < -0.39 is 21.5 Å². The standard InChI is InChI=1S/C17H21FN2OS/c1-17(2,22(20)21)11-14(12-6-4-3-5-7-12)13-8-9-15(18)16(19)10-13/h3-10,14H,11,19-20H2,1-2H3/t14-,22?/m0/s1. The van der Waals surface area contributed by atoms with Crippen LogP contribution in [0.3, 0.4) is 0 Å². The molecule has 0 heterocycles. The molecule has 1 unspecified atom stereocenters. The minimum atomic E-state index is -1.46. The molecule has 0 radical (unpaired) electrons. The predicted molar refractivity (Wildman–Crippen MR) is 90.1 cm³/mol. The third kappa shape index (κ3) is 3.72. The van der Waals surface area contributed by atoms with Crippen LogP contribution in [0.5, 0.6) is 0 Å². The summed E-state index contributed by atoms with van der Waals surface area (Å²) in [6.45, 7) is 3.73. The Morgan fingerprint density at radius 2 is 1.77 bits per heavy atom. The summed E-state index contributed by atoms with van der Waals surface area (Å²) in [5, 5.41) is 5.62. The highest BCUT2D eigenvalue weighted by Gasteiger charge is 2.29. The molecule has 3 nitrogen and oxygen atoms in total. The molecule has 5 heteroatoms. The normalized spacial score (nSPS) is 14.5. The van der Waals surface area contributed by atoms with Gasteiger partial charge in [-0.1, -0.05) is 36.4 Å². The first-order chi connectivity index (χ1) is 10.3. The van der Waals surface area contributed by atoms with Crippen molar-refractivity contribution in [2.45, 2.75) is 30.9 Å². The van der Waals surface area contributed by atoms with Gasteiger partial charge in [-0.25, -0.2) is 8.60 Å². The lowest BCUT2D eigenvalue weighted by molar-refractivity contribution is 0.555. The highest BCUT2D eigenvalue weighted by molar-refractivity contribution is 7.84. The predicted octanol–water partition coefficient (Wildman–Crippen LogP) is 3.33. The number of anilines is 1. The Balaban J connectivity index is 2.46. The summed E-state index contributed by atoms with van der Waals surface area (Å²) >= 11 is 0. The first-order valence-corrected chi connectivity index (χ1v) is 8.29.